The standard InChI is InChI=1S/C17H28N2O2/c1-3-14-16(20)18-11-7-10-15(18)17(21)19(14)12(2)13-8-5-4-6-9-13/h12-15H,3-11H2,1-2H3. The van der Waals surface area contributed by atoms with Gasteiger partial charge in [0.1, 0.15) is 12.1 Å². The predicted molar refractivity (Wildman–Crippen MR) is 81.7 cm³/mol. The lowest BCUT2D eigenvalue weighted by Crippen LogP contribution is -2.65. The highest BCUT2D eigenvalue weighted by Gasteiger charge is 2.49. The van der Waals surface area contributed by atoms with Gasteiger partial charge in [0.05, 0.1) is 0 Å². The molecule has 0 aromatic heterocycles. The minimum atomic E-state index is -0.219. The number of piperazine rings is 1. The zero-order valence-electron chi connectivity index (χ0n) is 13.4. The Balaban J connectivity index is 1.83. The van der Waals surface area contributed by atoms with Crippen LogP contribution in [0, 0.1) is 5.92 Å². The monoisotopic (exact) mass is 292 g/mol. The average molecular weight is 292 g/mol. The van der Waals surface area contributed by atoms with Gasteiger partial charge in [-0.25, -0.2) is 0 Å². The number of carbonyl (C=O) groups excluding carboxylic acids is 2. The van der Waals surface area contributed by atoms with Crippen LogP contribution in [0.5, 0.6) is 0 Å². The SMILES string of the molecule is CCC1C(=O)N2CCCC2C(=O)N1C(C)C1CCCCC1. The van der Waals surface area contributed by atoms with Crippen LogP contribution in [0.3, 0.4) is 0 Å². The molecular weight excluding hydrogens is 264 g/mol. The maximum atomic E-state index is 12.9. The molecular formula is C17H28N2O2. The molecule has 3 atom stereocenters. The van der Waals surface area contributed by atoms with Crippen molar-refractivity contribution in [2.75, 3.05) is 6.54 Å². The van der Waals surface area contributed by atoms with Crippen LogP contribution in [0.15, 0.2) is 0 Å². The number of hydrogen-bond acceptors (Lipinski definition) is 2. The molecule has 1 aliphatic carbocycles. The van der Waals surface area contributed by atoms with Crippen molar-refractivity contribution in [3.63, 3.8) is 0 Å². The lowest BCUT2D eigenvalue weighted by atomic mass is 9.82. The molecule has 0 N–H and O–H groups in total. The van der Waals surface area contributed by atoms with E-state index in [0.717, 1.165) is 25.8 Å². The van der Waals surface area contributed by atoms with Gasteiger partial charge in [-0.15, -0.1) is 0 Å². The molecule has 0 bridgehead atoms. The number of nitrogens with zero attached hydrogens (tertiary/aromatic N) is 2. The Morgan fingerprint density at radius 3 is 2.43 bits per heavy atom. The number of fused-ring (bicyclic) bond motifs is 1. The van der Waals surface area contributed by atoms with E-state index in [9.17, 15) is 9.59 Å². The molecule has 4 heteroatoms. The van der Waals surface area contributed by atoms with Crippen LogP contribution in [0.1, 0.15) is 65.2 Å². The molecule has 0 spiro atoms. The summed E-state index contributed by atoms with van der Waals surface area (Å²) in [6.45, 7) is 4.98. The van der Waals surface area contributed by atoms with Crippen LogP contribution in [-0.4, -0.2) is 46.3 Å². The first-order valence-electron chi connectivity index (χ1n) is 8.77. The fraction of sp³-hybridized carbons (Fsp3) is 0.882. The van der Waals surface area contributed by atoms with Gasteiger partial charge in [-0.2, -0.15) is 0 Å². The summed E-state index contributed by atoms with van der Waals surface area (Å²) < 4.78 is 0. The Bertz CT molecular complexity index is 417. The Kier molecular flexibility index (Phi) is 4.23. The first-order valence-corrected chi connectivity index (χ1v) is 8.77. The van der Waals surface area contributed by atoms with E-state index >= 15 is 0 Å². The summed E-state index contributed by atoms with van der Waals surface area (Å²) in [7, 11) is 0. The third-order valence-electron chi connectivity index (χ3n) is 5.85. The van der Waals surface area contributed by atoms with E-state index in [0.29, 0.717) is 5.92 Å². The molecule has 4 nitrogen and oxygen atoms in total. The van der Waals surface area contributed by atoms with Gasteiger partial charge >= 0.3 is 0 Å². The summed E-state index contributed by atoms with van der Waals surface area (Å²) in [5.74, 6) is 0.997. The molecule has 2 aliphatic heterocycles. The second kappa shape index (κ2) is 5.98. The summed E-state index contributed by atoms with van der Waals surface area (Å²) in [6, 6.07) is -0.162. The zero-order valence-corrected chi connectivity index (χ0v) is 13.4. The van der Waals surface area contributed by atoms with E-state index in [1.165, 1.54) is 32.1 Å². The lowest BCUT2D eigenvalue weighted by molar-refractivity contribution is -0.163. The van der Waals surface area contributed by atoms with Crippen LogP contribution >= 0.6 is 0 Å². The largest absolute Gasteiger partial charge is 0.329 e. The van der Waals surface area contributed by atoms with Gasteiger partial charge < -0.3 is 9.80 Å². The minimum absolute atomic E-state index is 0.161. The molecule has 0 radical (unpaired) electrons. The third kappa shape index (κ3) is 2.47. The van der Waals surface area contributed by atoms with Gasteiger partial charge in [0, 0.05) is 12.6 Å². The maximum absolute atomic E-state index is 12.9. The lowest BCUT2D eigenvalue weighted by Gasteiger charge is -2.47. The average Bonchev–Trinajstić information content (AvgIpc) is 3.01. The van der Waals surface area contributed by atoms with E-state index in [2.05, 4.69) is 6.92 Å². The number of carbonyl (C=O) groups is 2. The first kappa shape index (κ1) is 14.9. The van der Waals surface area contributed by atoms with Crippen molar-refractivity contribution in [1.82, 2.24) is 9.80 Å². The van der Waals surface area contributed by atoms with Crippen LogP contribution in [0.25, 0.3) is 0 Å². The summed E-state index contributed by atoms with van der Waals surface area (Å²) in [5.41, 5.74) is 0. The molecule has 1 saturated carbocycles. The molecule has 3 fully saturated rings. The van der Waals surface area contributed by atoms with Gasteiger partial charge in [0.25, 0.3) is 0 Å². The number of hydrogen-bond donors (Lipinski definition) is 0. The third-order valence-corrected chi connectivity index (χ3v) is 5.85. The summed E-state index contributed by atoms with van der Waals surface area (Å²) in [5, 5.41) is 0. The van der Waals surface area contributed by atoms with E-state index in [1.807, 2.05) is 16.7 Å². The molecule has 3 aliphatic rings. The highest BCUT2D eigenvalue weighted by Crippen LogP contribution is 2.35. The molecule has 0 aromatic rings. The molecule has 2 heterocycles. The number of amides is 2. The van der Waals surface area contributed by atoms with E-state index in [4.69, 9.17) is 0 Å². The molecule has 2 saturated heterocycles. The van der Waals surface area contributed by atoms with Gasteiger partial charge in [-0.05, 0) is 44.9 Å². The van der Waals surface area contributed by atoms with Crippen LogP contribution in [0.2, 0.25) is 0 Å². The normalized spacial score (nSPS) is 32.5. The molecule has 2 amide bonds. The van der Waals surface area contributed by atoms with Gasteiger partial charge in [-0.1, -0.05) is 26.2 Å². The Morgan fingerprint density at radius 2 is 1.76 bits per heavy atom. The smallest absolute Gasteiger partial charge is 0.246 e. The fourth-order valence-corrected chi connectivity index (χ4v) is 4.62. The van der Waals surface area contributed by atoms with Crippen LogP contribution in [0.4, 0.5) is 0 Å². The maximum Gasteiger partial charge on any atom is 0.246 e. The van der Waals surface area contributed by atoms with Gasteiger partial charge in [0.15, 0.2) is 0 Å². The van der Waals surface area contributed by atoms with Gasteiger partial charge in [-0.3, -0.25) is 9.59 Å². The quantitative estimate of drug-likeness (QED) is 0.802. The molecule has 21 heavy (non-hydrogen) atoms. The molecule has 0 aromatic carbocycles. The molecule has 3 rings (SSSR count). The highest BCUT2D eigenvalue weighted by molar-refractivity contribution is 5.97. The summed E-state index contributed by atoms with van der Waals surface area (Å²) >= 11 is 0. The van der Waals surface area contributed by atoms with Crippen molar-refractivity contribution in [2.24, 2.45) is 5.92 Å². The van der Waals surface area contributed by atoms with Crippen LogP contribution in [-0.2, 0) is 9.59 Å². The second-order valence-corrected chi connectivity index (χ2v) is 7.00. The Labute approximate surface area is 127 Å². The zero-order chi connectivity index (χ0) is 15.0. The van der Waals surface area contributed by atoms with Crippen molar-refractivity contribution in [3.8, 4) is 0 Å². The van der Waals surface area contributed by atoms with Crippen molar-refractivity contribution >= 4 is 11.8 Å². The second-order valence-electron chi connectivity index (χ2n) is 7.00. The molecule has 118 valence electrons. The Morgan fingerprint density at radius 1 is 1.05 bits per heavy atom. The predicted octanol–water partition coefficient (Wildman–Crippen LogP) is 2.57. The summed E-state index contributed by atoms with van der Waals surface area (Å²) in [6.07, 6.45) is 8.87. The van der Waals surface area contributed by atoms with Crippen molar-refractivity contribution in [1.29, 1.82) is 0 Å². The van der Waals surface area contributed by atoms with E-state index < -0.39 is 0 Å². The fourth-order valence-electron chi connectivity index (χ4n) is 4.62. The van der Waals surface area contributed by atoms with E-state index in [-0.39, 0.29) is 29.9 Å². The van der Waals surface area contributed by atoms with Crippen LogP contribution < -0.4 is 0 Å². The Hall–Kier alpha value is -1.06. The van der Waals surface area contributed by atoms with Crippen molar-refractivity contribution in [2.45, 2.75) is 83.3 Å². The van der Waals surface area contributed by atoms with Gasteiger partial charge in [0.2, 0.25) is 11.8 Å². The van der Waals surface area contributed by atoms with Crippen molar-refractivity contribution < 1.29 is 9.59 Å². The summed E-state index contributed by atoms with van der Waals surface area (Å²) in [4.78, 5) is 29.5. The van der Waals surface area contributed by atoms with Crippen molar-refractivity contribution in [3.05, 3.63) is 0 Å². The highest BCUT2D eigenvalue weighted by atomic mass is 16.2. The topological polar surface area (TPSA) is 40.6 Å². The first-order chi connectivity index (χ1) is 10.1. The minimum Gasteiger partial charge on any atom is -0.329 e. The molecule has 3 unspecified atom stereocenters. The number of rotatable bonds is 3. The van der Waals surface area contributed by atoms with E-state index in [1.54, 1.807) is 0 Å².